The van der Waals surface area contributed by atoms with E-state index in [4.69, 9.17) is 10.00 Å². The number of esters is 1. The highest BCUT2D eigenvalue weighted by Gasteiger charge is 2.25. The molecule has 0 aliphatic carbocycles. The van der Waals surface area contributed by atoms with Gasteiger partial charge in [0.25, 0.3) is 11.2 Å². The molecule has 0 radical (unpaired) electrons. The molecule has 2 aromatic rings. The summed E-state index contributed by atoms with van der Waals surface area (Å²) in [5.74, 6) is -1.83. The maximum absolute atomic E-state index is 12.5. The van der Waals surface area contributed by atoms with Crippen LogP contribution in [0, 0.1) is 28.4 Å². The second-order valence-electron chi connectivity index (χ2n) is 6.00. The standard InChI is InChI=1S/C18H16N4O7S/c1-4-29-18(26)14-9(2)15(10(3)23)30-16(14)20-13(24)8-21-7-12(22(27)28)5-11(6-19)17(21)25/h5,7H,4,8H2,1-3H3,(H,20,24). The number of ketones is 1. The molecular formula is C18H16N4O7S. The monoisotopic (exact) mass is 432 g/mol. The number of anilines is 1. The maximum Gasteiger partial charge on any atom is 0.341 e. The second kappa shape index (κ2) is 9.10. The van der Waals surface area contributed by atoms with Crippen molar-refractivity contribution in [1.82, 2.24) is 4.57 Å². The Morgan fingerprint density at radius 1 is 1.40 bits per heavy atom. The van der Waals surface area contributed by atoms with Gasteiger partial charge >= 0.3 is 5.97 Å². The van der Waals surface area contributed by atoms with Crippen molar-refractivity contribution in [3.8, 4) is 6.07 Å². The van der Waals surface area contributed by atoms with Gasteiger partial charge in [-0.2, -0.15) is 5.26 Å². The first-order valence-corrected chi connectivity index (χ1v) is 9.32. The van der Waals surface area contributed by atoms with Crippen LogP contribution in [0.4, 0.5) is 10.7 Å². The predicted molar refractivity (Wildman–Crippen MR) is 106 cm³/mol. The zero-order valence-corrected chi connectivity index (χ0v) is 17.0. The first-order valence-electron chi connectivity index (χ1n) is 8.50. The molecular weight excluding hydrogens is 416 g/mol. The first-order chi connectivity index (χ1) is 14.1. The van der Waals surface area contributed by atoms with E-state index in [2.05, 4.69) is 5.32 Å². The minimum atomic E-state index is -0.879. The number of carbonyl (C=O) groups excluding carboxylic acids is 3. The van der Waals surface area contributed by atoms with Crippen molar-refractivity contribution in [3.63, 3.8) is 0 Å². The minimum absolute atomic E-state index is 0.0181. The molecule has 0 unspecified atom stereocenters. The van der Waals surface area contributed by atoms with Gasteiger partial charge in [0.1, 0.15) is 23.2 Å². The smallest absolute Gasteiger partial charge is 0.341 e. The van der Waals surface area contributed by atoms with Gasteiger partial charge in [-0.1, -0.05) is 0 Å². The first kappa shape index (κ1) is 22.4. The van der Waals surface area contributed by atoms with E-state index in [-0.39, 0.29) is 27.8 Å². The molecule has 12 heteroatoms. The van der Waals surface area contributed by atoms with Crippen molar-refractivity contribution in [2.24, 2.45) is 0 Å². The number of carbonyl (C=O) groups is 3. The number of pyridine rings is 1. The van der Waals surface area contributed by atoms with Crippen molar-refractivity contribution in [1.29, 1.82) is 5.26 Å². The van der Waals surface area contributed by atoms with Crippen molar-refractivity contribution < 1.29 is 24.0 Å². The Labute approximate surface area is 173 Å². The summed E-state index contributed by atoms with van der Waals surface area (Å²) < 4.78 is 5.70. The molecule has 0 saturated heterocycles. The summed E-state index contributed by atoms with van der Waals surface area (Å²) in [5, 5.41) is 22.5. The van der Waals surface area contributed by atoms with Gasteiger partial charge in [-0.3, -0.25) is 29.1 Å². The summed E-state index contributed by atoms with van der Waals surface area (Å²) in [6.45, 7) is 3.89. The molecule has 0 spiro atoms. The normalized spacial score (nSPS) is 10.2. The average Bonchev–Trinajstić information content (AvgIpc) is 2.99. The van der Waals surface area contributed by atoms with Gasteiger partial charge in [0.2, 0.25) is 5.91 Å². The van der Waals surface area contributed by atoms with Crippen LogP contribution in [-0.2, 0) is 16.1 Å². The summed E-state index contributed by atoms with van der Waals surface area (Å²) in [7, 11) is 0. The van der Waals surface area contributed by atoms with Crippen LogP contribution in [0.5, 0.6) is 0 Å². The lowest BCUT2D eigenvalue weighted by Gasteiger charge is -2.09. The zero-order valence-electron chi connectivity index (χ0n) is 16.2. The molecule has 0 aliphatic rings. The van der Waals surface area contributed by atoms with E-state index >= 15 is 0 Å². The van der Waals surface area contributed by atoms with Crippen LogP contribution in [0.2, 0.25) is 0 Å². The van der Waals surface area contributed by atoms with Gasteiger partial charge in [0.05, 0.1) is 28.2 Å². The molecule has 0 bridgehead atoms. The average molecular weight is 432 g/mol. The number of Topliss-reactive ketones (excluding diaryl/α,β-unsaturated/α-hetero) is 1. The fourth-order valence-corrected chi connectivity index (χ4v) is 3.73. The number of aromatic nitrogens is 1. The van der Waals surface area contributed by atoms with Gasteiger partial charge < -0.3 is 10.1 Å². The third kappa shape index (κ3) is 4.58. The molecule has 0 aliphatic heterocycles. The number of hydrogen-bond donors (Lipinski definition) is 1. The van der Waals surface area contributed by atoms with Gasteiger partial charge in [0, 0.05) is 6.07 Å². The topological polar surface area (TPSA) is 161 Å². The molecule has 2 aromatic heterocycles. The van der Waals surface area contributed by atoms with E-state index in [9.17, 15) is 29.3 Å². The SMILES string of the molecule is CCOC(=O)c1c(NC(=O)Cn2cc([N+](=O)[O-])cc(C#N)c2=O)sc(C(C)=O)c1C. The van der Waals surface area contributed by atoms with Crippen molar-refractivity contribution >= 4 is 39.7 Å². The van der Waals surface area contributed by atoms with Gasteiger partial charge in [0.15, 0.2) is 5.78 Å². The lowest BCUT2D eigenvalue weighted by Crippen LogP contribution is -2.29. The number of nitro groups is 1. The van der Waals surface area contributed by atoms with Crippen LogP contribution in [0.15, 0.2) is 17.1 Å². The van der Waals surface area contributed by atoms with E-state index in [0.29, 0.717) is 5.56 Å². The Balaban J connectivity index is 2.41. The summed E-state index contributed by atoms with van der Waals surface area (Å²) >= 11 is 0.877. The molecule has 30 heavy (non-hydrogen) atoms. The van der Waals surface area contributed by atoms with Crippen molar-refractivity contribution in [2.45, 2.75) is 27.3 Å². The maximum atomic E-state index is 12.5. The van der Waals surface area contributed by atoms with Crippen LogP contribution >= 0.6 is 11.3 Å². The molecule has 11 nitrogen and oxygen atoms in total. The number of nitriles is 1. The van der Waals surface area contributed by atoms with E-state index < -0.39 is 40.2 Å². The molecule has 0 saturated carbocycles. The fourth-order valence-electron chi connectivity index (χ4n) is 2.62. The van der Waals surface area contributed by atoms with Gasteiger partial charge in [-0.05, 0) is 26.3 Å². The number of amides is 1. The largest absolute Gasteiger partial charge is 0.462 e. The predicted octanol–water partition coefficient (Wildman–Crippen LogP) is 2.02. The highest BCUT2D eigenvalue weighted by molar-refractivity contribution is 7.18. The summed E-state index contributed by atoms with van der Waals surface area (Å²) in [5.41, 5.74) is -1.53. The molecule has 2 heterocycles. The molecule has 2 rings (SSSR count). The van der Waals surface area contributed by atoms with Crippen molar-refractivity contribution in [2.75, 3.05) is 11.9 Å². The van der Waals surface area contributed by atoms with Crippen LogP contribution < -0.4 is 10.9 Å². The lowest BCUT2D eigenvalue weighted by atomic mass is 10.1. The van der Waals surface area contributed by atoms with E-state index in [1.165, 1.54) is 6.92 Å². The molecule has 0 atom stereocenters. The molecule has 0 aromatic carbocycles. The van der Waals surface area contributed by atoms with E-state index in [0.717, 1.165) is 28.2 Å². The molecule has 156 valence electrons. The quantitative estimate of drug-likeness (QED) is 0.301. The number of ether oxygens (including phenoxy) is 1. The van der Waals surface area contributed by atoms with Crippen LogP contribution in [-0.4, -0.2) is 33.8 Å². The Bertz CT molecular complexity index is 1160. The molecule has 1 N–H and O–H groups in total. The third-order valence-electron chi connectivity index (χ3n) is 3.92. The van der Waals surface area contributed by atoms with Crippen LogP contribution in [0.3, 0.4) is 0 Å². The number of nitrogens with zero attached hydrogens (tertiary/aromatic N) is 3. The number of hydrogen-bond acceptors (Lipinski definition) is 9. The van der Waals surface area contributed by atoms with E-state index in [1.807, 2.05) is 0 Å². The van der Waals surface area contributed by atoms with Crippen LogP contribution in [0.1, 0.15) is 45.0 Å². The highest BCUT2D eigenvalue weighted by atomic mass is 32.1. The Kier molecular flexibility index (Phi) is 6.81. The van der Waals surface area contributed by atoms with Gasteiger partial charge in [-0.25, -0.2) is 4.79 Å². The minimum Gasteiger partial charge on any atom is -0.462 e. The Morgan fingerprint density at radius 2 is 2.07 bits per heavy atom. The lowest BCUT2D eigenvalue weighted by molar-refractivity contribution is -0.385. The van der Waals surface area contributed by atoms with E-state index in [1.54, 1.807) is 19.9 Å². The van der Waals surface area contributed by atoms with Crippen molar-refractivity contribution in [3.05, 3.63) is 54.3 Å². The Hall–Kier alpha value is -3.85. The number of nitrogens with one attached hydrogen (secondary N) is 1. The highest BCUT2D eigenvalue weighted by Crippen LogP contribution is 2.34. The van der Waals surface area contributed by atoms with Crippen LogP contribution in [0.25, 0.3) is 0 Å². The summed E-state index contributed by atoms with van der Waals surface area (Å²) in [4.78, 5) is 59.2. The zero-order chi connectivity index (χ0) is 22.6. The number of rotatable bonds is 7. The Morgan fingerprint density at radius 3 is 2.60 bits per heavy atom. The molecule has 1 amide bonds. The molecule has 0 fully saturated rings. The second-order valence-corrected chi connectivity index (χ2v) is 7.02. The fraction of sp³-hybridized carbons (Fsp3) is 0.278. The number of thiophene rings is 1. The third-order valence-corrected chi connectivity index (χ3v) is 5.22. The summed E-state index contributed by atoms with van der Waals surface area (Å²) in [6.07, 6.45) is 0.843. The van der Waals surface area contributed by atoms with Gasteiger partial charge in [-0.15, -0.1) is 11.3 Å². The summed E-state index contributed by atoms with van der Waals surface area (Å²) in [6, 6.07) is 2.37.